The number of aryl methyl sites for hydroxylation is 1. The largest absolute Gasteiger partial charge is 0.497 e. The second kappa shape index (κ2) is 9.73. The maximum atomic E-state index is 12.9. The summed E-state index contributed by atoms with van der Waals surface area (Å²) in [5.74, 6) is 2.96. The minimum Gasteiger partial charge on any atom is -0.497 e. The Morgan fingerprint density at radius 3 is 1.71 bits per heavy atom. The van der Waals surface area contributed by atoms with Crippen LogP contribution in [-0.2, 0) is 6.42 Å². The van der Waals surface area contributed by atoms with Crippen LogP contribution in [0.25, 0.3) is 0 Å². The quantitative estimate of drug-likeness (QED) is 0.575. The molecule has 0 fully saturated rings. The van der Waals surface area contributed by atoms with Crippen molar-refractivity contribution in [3.05, 3.63) is 35.4 Å². The Morgan fingerprint density at radius 2 is 1.21 bits per heavy atom. The molecule has 2 rings (SSSR count). The van der Waals surface area contributed by atoms with E-state index in [1.54, 1.807) is 39.5 Å². The van der Waals surface area contributed by atoms with Crippen LogP contribution in [0.4, 0.5) is 0 Å². The second-order valence-electron chi connectivity index (χ2n) is 5.86. The van der Waals surface area contributed by atoms with Gasteiger partial charge in [0.1, 0.15) is 11.5 Å². The Labute approximate surface area is 165 Å². The van der Waals surface area contributed by atoms with E-state index >= 15 is 0 Å². The third-order valence-corrected chi connectivity index (χ3v) is 4.37. The van der Waals surface area contributed by atoms with Crippen molar-refractivity contribution < 1.29 is 33.2 Å². The van der Waals surface area contributed by atoms with Gasteiger partial charge >= 0.3 is 0 Å². The number of carbonyl (C=O) groups is 1. The molecule has 0 saturated heterocycles. The predicted octanol–water partition coefficient (Wildman–Crippen LogP) is 3.55. The van der Waals surface area contributed by atoms with Crippen molar-refractivity contribution in [1.29, 1.82) is 0 Å². The molecule has 0 heterocycles. The van der Waals surface area contributed by atoms with Gasteiger partial charge in [-0.05, 0) is 18.6 Å². The number of ether oxygens (including phenoxy) is 6. The minimum atomic E-state index is -0.113. The van der Waals surface area contributed by atoms with Gasteiger partial charge in [-0.3, -0.25) is 4.79 Å². The van der Waals surface area contributed by atoms with Gasteiger partial charge in [0.2, 0.25) is 0 Å². The first-order valence-corrected chi connectivity index (χ1v) is 8.64. The summed E-state index contributed by atoms with van der Waals surface area (Å²) in [6.45, 7) is 0. The third kappa shape index (κ3) is 4.42. The minimum absolute atomic E-state index is 0.113. The lowest BCUT2D eigenvalue weighted by atomic mass is 10.00. The predicted molar refractivity (Wildman–Crippen MR) is 105 cm³/mol. The van der Waals surface area contributed by atoms with Crippen molar-refractivity contribution >= 4 is 5.78 Å². The summed E-state index contributed by atoms with van der Waals surface area (Å²) < 4.78 is 32.1. The van der Waals surface area contributed by atoms with Gasteiger partial charge in [0.15, 0.2) is 28.8 Å². The lowest BCUT2D eigenvalue weighted by Crippen LogP contribution is -2.07. The Morgan fingerprint density at radius 1 is 0.679 bits per heavy atom. The normalized spacial score (nSPS) is 10.2. The van der Waals surface area contributed by atoms with E-state index in [0.29, 0.717) is 46.5 Å². The number of hydrogen-bond acceptors (Lipinski definition) is 7. The molecule has 0 aliphatic heterocycles. The average molecular weight is 390 g/mol. The van der Waals surface area contributed by atoms with Crippen molar-refractivity contribution in [1.82, 2.24) is 0 Å². The third-order valence-electron chi connectivity index (χ3n) is 4.37. The number of benzene rings is 2. The van der Waals surface area contributed by atoms with Crippen molar-refractivity contribution in [2.45, 2.75) is 12.8 Å². The van der Waals surface area contributed by atoms with E-state index in [-0.39, 0.29) is 12.2 Å². The first-order chi connectivity index (χ1) is 13.5. The van der Waals surface area contributed by atoms with Crippen LogP contribution in [0.5, 0.6) is 34.5 Å². The highest BCUT2D eigenvalue weighted by Crippen LogP contribution is 2.38. The first-order valence-electron chi connectivity index (χ1n) is 8.64. The summed E-state index contributed by atoms with van der Waals surface area (Å²) in [4.78, 5) is 12.9. The SMILES string of the molecule is COc1cc(CCC(=O)c2cc(OC)cc(OC)c2OC)c(OC)c(OC)c1. The number of methoxy groups -OCH3 is 6. The van der Waals surface area contributed by atoms with Crippen molar-refractivity contribution in [3.8, 4) is 34.5 Å². The highest BCUT2D eigenvalue weighted by Gasteiger charge is 2.20. The van der Waals surface area contributed by atoms with E-state index in [1.807, 2.05) is 6.07 Å². The molecule has 0 aliphatic carbocycles. The lowest BCUT2D eigenvalue weighted by molar-refractivity contribution is 0.0978. The van der Waals surface area contributed by atoms with Crippen molar-refractivity contribution in [2.24, 2.45) is 0 Å². The van der Waals surface area contributed by atoms with Gasteiger partial charge in [-0.25, -0.2) is 0 Å². The molecule has 0 radical (unpaired) electrons. The van der Waals surface area contributed by atoms with Crippen molar-refractivity contribution in [3.63, 3.8) is 0 Å². The Bertz CT molecular complexity index is 830. The van der Waals surface area contributed by atoms with Gasteiger partial charge in [-0.15, -0.1) is 0 Å². The van der Waals surface area contributed by atoms with Crippen LogP contribution in [0, 0.1) is 0 Å². The molecule has 0 bridgehead atoms. The molecule has 152 valence electrons. The van der Waals surface area contributed by atoms with Crippen LogP contribution in [0.15, 0.2) is 24.3 Å². The number of Topliss-reactive ketones (excluding diaryl/α,β-unsaturated/α-hetero) is 1. The molecular formula is C21H26O7. The highest BCUT2D eigenvalue weighted by atomic mass is 16.5. The van der Waals surface area contributed by atoms with Gasteiger partial charge in [0.25, 0.3) is 0 Å². The summed E-state index contributed by atoms with van der Waals surface area (Å²) in [5, 5.41) is 0. The van der Waals surface area contributed by atoms with Gasteiger partial charge < -0.3 is 28.4 Å². The van der Waals surface area contributed by atoms with Crippen LogP contribution < -0.4 is 28.4 Å². The Hall–Kier alpha value is -3.09. The summed E-state index contributed by atoms with van der Waals surface area (Å²) in [6, 6.07) is 6.89. The van der Waals surface area contributed by atoms with E-state index < -0.39 is 0 Å². The number of ketones is 1. The van der Waals surface area contributed by atoms with Gasteiger partial charge in [-0.1, -0.05) is 0 Å². The van der Waals surface area contributed by atoms with Crippen LogP contribution >= 0.6 is 0 Å². The van der Waals surface area contributed by atoms with E-state index in [9.17, 15) is 4.79 Å². The molecular weight excluding hydrogens is 364 g/mol. The molecule has 0 saturated carbocycles. The smallest absolute Gasteiger partial charge is 0.171 e. The van der Waals surface area contributed by atoms with Gasteiger partial charge in [0.05, 0.1) is 48.2 Å². The summed E-state index contributed by atoms with van der Waals surface area (Å²) in [5.41, 5.74) is 1.20. The monoisotopic (exact) mass is 390 g/mol. The van der Waals surface area contributed by atoms with Crippen LogP contribution in [0.3, 0.4) is 0 Å². The summed E-state index contributed by atoms with van der Waals surface area (Å²) >= 11 is 0. The van der Waals surface area contributed by atoms with Crippen LogP contribution in [-0.4, -0.2) is 48.4 Å². The topological polar surface area (TPSA) is 72.5 Å². The number of carbonyl (C=O) groups excluding carboxylic acids is 1. The molecule has 0 amide bonds. The van der Waals surface area contributed by atoms with E-state index in [2.05, 4.69) is 0 Å². The Balaban J connectivity index is 2.34. The molecule has 7 nitrogen and oxygen atoms in total. The molecule has 2 aromatic carbocycles. The Kier molecular flexibility index (Phi) is 7.37. The lowest BCUT2D eigenvalue weighted by Gasteiger charge is -2.16. The molecule has 7 heteroatoms. The molecule has 2 aromatic rings. The maximum absolute atomic E-state index is 12.9. The molecule has 0 atom stereocenters. The molecule has 0 aliphatic rings. The number of rotatable bonds is 10. The fraction of sp³-hybridized carbons (Fsp3) is 0.381. The first kappa shape index (κ1) is 21.2. The van der Waals surface area contributed by atoms with E-state index in [1.165, 1.54) is 21.3 Å². The molecule has 0 spiro atoms. The van der Waals surface area contributed by atoms with Crippen molar-refractivity contribution in [2.75, 3.05) is 42.7 Å². The summed E-state index contributed by atoms with van der Waals surface area (Å²) in [6.07, 6.45) is 0.650. The zero-order chi connectivity index (χ0) is 20.7. The zero-order valence-electron chi connectivity index (χ0n) is 17.1. The second-order valence-corrected chi connectivity index (χ2v) is 5.86. The fourth-order valence-electron chi connectivity index (χ4n) is 2.97. The molecule has 28 heavy (non-hydrogen) atoms. The fourth-order valence-corrected chi connectivity index (χ4v) is 2.97. The molecule has 0 aromatic heterocycles. The summed E-state index contributed by atoms with van der Waals surface area (Å²) in [7, 11) is 9.23. The maximum Gasteiger partial charge on any atom is 0.171 e. The van der Waals surface area contributed by atoms with Crippen LogP contribution in [0.1, 0.15) is 22.3 Å². The molecule has 0 N–H and O–H groups in total. The van der Waals surface area contributed by atoms with E-state index in [0.717, 1.165) is 5.56 Å². The number of hydrogen-bond donors (Lipinski definition) is 0. The standard InChI is InChI=1S/C21H26O7/c1-23-14-9-13(20(27-5)18(11-14)25-3)7-8-17(22)16-10-15(24-2)12-19(26-4)21(16)28-6/h9-12H,7-8H2,1-6H3. The van der Waals surface area contributed by atoms with Gasteiger partial charge in [-0.2, -0.15) is 0 Å². The average Bonchev–Trinajstić information content (AvgIpc) is 2.75. The van der Waals surface area contributed by atoms with E-state index in [4.69, 9.17) is 28.4 Å². The highest BCUT2D eigenvalue weighted by molar-refractivity contribution is 6.00. The zero-order valence-corrected chi connectivity index (χ0v) is 17.1. The van der Waals surface area contributed by atoms with Gasteiger partial charge in [0, 0.05) is 24.1 Å². The van der Waals surface area contributed by atoms with Crippen LogP contribution in [0.2, 0.25) is 0 Å². The molecule has 0 unspecified atom stereocenters.